The van der Waals surface area contributed by atoms with Crippen LogP contribution in [0.4, 0.5) is 0 Å². The lowest BCUT2D eigenvalue weighted by Gasteiger charge is -2.35. The van der Waals surface area contributed by atoms with E-state index in [2.05, 4.69) is 37.9 Å². The molecule has 1 aromatic carbocycles. The quantitative estimate of drug-likeness (QED) is 0.780. The van der Waals surface area contributed by atoms with Crippen LogP contribution >= 0.6 is 0 Å². The zero-order valence-corrected chi connectivity index (χ0v) is 12.8. The molecule has 1 unspecified atom stereocenters. The van der Waals surface area contributed by atoms with E-state index in [0.29, 0.717) is 18.1 Å². The van der Waals surface area contributed by atoms with Gasteiger partial charge in [0.1, 0.15) is 12.4 Å². The maximum absolute atomic E-state index is 5.71. The molecule has 2 heteroatoms. The largest absolute Gasteiger partial charge is 0.489 e. The van der Waals surface area contributed by atoms with Gasteiger partial charge in [-0.05, 0) is 30.7 Å². The Kier molecular flexibility index (Phi) is 5.24. The number of hydrogen-bond acceptors (Lipinski definition) is 2. The van der Waals surface area contributed by atoms with Gasteiger partial charge in [-0.25, -0.2) is 0 Å². The summed E-state index contributed by atoms with van der Waals surface area (Å²) >= 11 is 0. The lowest BCUT2D eigenvalue weighted by molar-refractivity contribution is 0.197. The summed E-state index contributed by atoms with van der Waals surface area (Å²) in [5.74, 6) is 0.968. The Morgan fingerprint density at radius 2 is 2.20 bits per heavy atom. The van der Waals surface area contributed by atoms with Crippen molar-refractivity contribution in [2.45, 2.75) is 52.1 Å². The molecule has 1 atom stereocenters. The summed E-state index contributed by atoms with van der Waals surface area (Å²) in [5, 5.41) is 3.70. The first-order valence-corrected chi connectivity index (χ1v) is 7.66. The van der Waals surface area contributed by atoms with E-state index in [9.17, 15) is 0 Å². The van der Waals surface area contributed by atoms with Gasteiger partial charge in [-0.1, -0.05) is 51.1 Å². The first kappa shape index (κ1) is 15.1. The fourth-order valence-corrected chi connectivity index (χ4v) is 3.07. The highest BCUT2D eigenvalue weighted by molar-refractivity contribution is 5.33. The van der Waals surface area contributed by atoms with E-state index in [-0.39, 0.29) is 0 Å². The molecule has 2 rings (SSSR count). The predicted octanol–water partition coefficient (Wildman–Crippen LogP) is 4.31. The minimum atomic E-state index is 0.481. The molecule has 1 saturated carbocycles. The van der Waals surface area contributed by atoms with E-state index in [4.69, 9.17) is 4.74 Å². The van der Waals surface area contributed by atoms with Gasteiger partial charge in [0.15, 0.2) is 0 Å². The molecule has 0 radical (unpaired) electrons. The summed E-state index contributed by atoms with van der Waals surface area (Å²) < 4.78 is 5.71. The van der Waals surface area contributed by atoms with Crippen molar-refractivity contribution in [2.24, 2.45) is 5.41 Å². The molecule has 1 aromatic rings. The highest BCUT2D eigenvalue weighted by Crippen LogP contribution is 2.35. The van der Waals surface area contributed by atoms with Gasteiger partial charge >= 0.3 is 0 Å². The molecule has 0 bridgehead atoms. The molecule has 1 aliphatic rings. The molecule has 1 fully saturated rings. The molecular formula is C18H27NO. The van der Waals surface area contributed by atoms with Crippen LogP contribution in [-0.4, -0.2) is 12.6 Å². The number of hydrogen-bond donors (Lipinski definition) is 1. The van der Waals surface area contributed by atoms with E-state index in [1.807, 2.05) is 12.1 Å². The van der Waals surface area contributed by atoms with Crippen LogP contribution in [0.5, 0.6) is 5.75 Å². The lowest BCUT2D eigenvalue weighted by atomic mass is 9.75. The zero-order valence-electron chi connectivity index (χ0n) is 12.8. The Hall–Kier alpha value is -1.28. The van der Waals surface area contributed by atoms with E-state index in [1.54, 1.807) is 6.08 Å². The van der Waals surface area contributed by atoms with Crippen molar-refractivity contribution in [3.63, 3.8) is 0 Å². The second-order valence-electron chi connectivity index (χ2n) is 6.55. The molecule has 20 heavy (non-hydrogen) atoms. The van der Waals surface area contributed by atoms with E-state index < -0.39 is 0 Å². The van der Waals surface area contributed by atoms with Crippen LogP contribution in [0, 0.1) is 5.41 Å². The minimum Gasteiger partial charge on any atom is -0.489 e. The van der Waals surface area contributed by atoms with Crippen molar-refractivity contribution in [3.8, 4) is 5.75 Å². The average Bonchev–Trinajstić information content (AvgIpc) is 2.43. The maximum atomic E-state index is 5.71. The summed E-state index contributed by atoms with van der Waals surface area (Å²) in [6.07, 6.45) is 7.03. The molecule has 0 saturated heterocycles. The fourth-order valence-electron chi connectivity index (χ4n) is 3.07. The van der Waals surface area contributed by atoms with Crippen molar-refractivity contribution in [1.82, 2.24) is 5.32 Å². The van der Waals surface area contributed by atoms with Gasteiger partial charge in [-0.3, -0.25) is 0 Å². The van der Waals surface area contributed by atoms with Crippen molar-refractivity contribution >= 4 is 0 Å². The summed E-state index contributed by atoms with van der Waals surface area (Å²) in [6.45, 7) is 9.90. The topological polar surface area (TPSA) is 21.3 Å². The Labute approximate surface area is 123 Å². The molecule has 2 nitrogen and oxygen atoms in total. The first-order chi connectivity index (χ1) is 9.61. The van der Waals surface area contributed by atoms with Gasteiger partial charge < -0.3 is 10.1 Å². The second kappa shape index (κ2) is 6.94. The number of para-hydroxylation sites is 1. The van der Waals surface area contributed by atoms with Crippen LogP contribution in [0.25, 0.3) is 0 Å². The Morgan fingerprint density at radius 3 is 2.95 bits per heavy atom. The van der Waals surface area contributed by atoms with Gasteiger partial charge in [0, 0.05) is 18.2 Å². The van der Waals surface area contributed by atoms with Crippen LogP contribution in [0.3, 0.4) is 0 Å². The van der Waals surface area contributed by atoms with Gasteiger partial charge in [0.05, 0.1) is 0 Å². The monoisotopic (exact) mass is 273 g/mol. The summed E-state index contributed by atoms with van der Waals surface area (Å²) in [5.41, 5.74) is 1.71. The van der Waals surface area contributed by atoms with E-state index in [1.165, 1.54) is 31.2 Å². The normalized spacial score (nSPS) is 21.4. The van der Waals surface area contributed by atoms with Crippen molar-refractivity contribution < 1.29 is 4.74 Å². The van der Waals surface area contributed by atoms with Crippen LogP contribution in [0.1, 0.15) is 45.1 Å². The maximum Gasteiger partial charge on any atom is 0.124 e. The first-order valence-electron chi connectivity index (χ1n) is 7.66. The van der Waals surface area contributed by atoms with Gasteiger partial charge in [0.25, 0.3) is 0 Å². The number of ether oxygens (including phenoxy) is 1. The molecule has 1 aliphatic carbocycles. The molecule has 110 valence electrons. The van der Waals surface area contributed by atoms with Crippen molar-refractivity contribution in [3.05, 3.63) is 42.5 Å². The van der Waals surface area contributed by atoms with Gasteiger partial charge in [-0.2, -0.15) is 0 Å². The Balaban J connectivity index is 1.91. The second-order valence-corrected chi connectivity index (χ2v) is 6.55. The van der Waals surface area contributed by atoms with E-state index >= 15 is 0 Å². The van der Waals surface area contributed by atoms with Crippen LogP contribution in [0.15, 0.2) is 36.9 Å². The lowest BCUT2D eigenvalue weighted by Crippen LogP contribution is -2.36. The number of benzene rings is 1. The summed E-state index contributed by atoms with van der Waals surface area (Å²) in [7, 11) is 0. The third kappa shape index (κ3) is 4.38. The molecule has 1 N–H and O–H groups in total. The predicted molar refractivity (Wildman–Crippen MR) is 85.0 cm³/mol. The highest BCUT2D eigenvalue weighted by Gasteiger charge is 2.27. The zero-order chi connectivity index (χ0) is 14.4. The van der Waals surface area contributed by atoms with Gasteiger partial charge in [-0.15, -0.1) is 0 Å². The SMILES string of the molecule is C=CCOc1ccccc1CNC1CCCC(C)(C)C1. The van der Waals surface area contributed by atoms with Crippen molar-refractivity contribution in [1.29, 1.82) is 0 Å². The van der Waals surface area contributed by atoms with Crippen LogP contribution in [-0.2, 0) is 6.54 Å². The molecule has 0 aliphatic heterocycles. The summed E-state index contributed by atoms with van der Waals surface area (Å²) in [6, 6.07) is 8.89. The summed E-state index contributed by atoms with van der Waals surface area (Å²) in [4.78, 5) is 0. The molecule has 0 amide bonds. The smallest absolute Gasteiger partial charge is 0.124 e. The average molecular weight is 273 g/mol. The van der Waals surface area contributed by atoms with E-state index in [0.717, 1.165) is 12.3 Å². The Bertz CT molecular complexity index is 439. The third-order valence-corrected chi connectivity index (χ3v) is 4.12. The molecule has 0 aromatic heterocycles. The molecule has 0 heterocycles. The third-order valence-electron chi connectivity index (χ3n) is 4.12. The van der Waals surface area contributed by atoms with Gasteiger partial charge in [0.2, 0.25) is 0 Å². The molecule has 0 spiro atoms. The standard InChI is InChI=1S/C18H27NO/c1-4-12-20-17-10-6-5-8-15(17)14-19-16-9-7-11-18(2,3)13-16/h4-6,8,10,16,19H,1,7,9,11-14H2,2-3H3. The minimum absolute atomic E-state index is 0.481. The molecular weight excluding hydrogens is 246 g/mol. The number of rotatable bonds is 6. The van der Waals surface area contributed by atoms with Crippen LogP contribution < -0.4 is 10.1 Å². The fraction of sp³-hybridized carbons (Fsp3) is 0.556. The van der Waals surface area contributed by atoms with Crippen molar-refractivity contribution in [2.75, 3.05) is 6.61 Å². The number of nitrogens with one attached hydrogen (secondary N) is 1. The Morgan fingerprint density at radius 1 is 1.40 bits per heavy atom. The highest BCUT2D eigenvalue weighted by atomic mass is 16.5. The van der Waals surface area contributed by atoms with Crippen LogP contribution in [0.2, 0.25) is 0 Å².